The van der Waals surface area contributed by atoms with Gasteiger partial charge in [0.25, 0.3) is 0 Å². The molecule has 0 aliphatic heterocycles. The zero-order valence-corrected chi connectivity index (χ0v) is 12.0. The van der Waals surface area contributed by atoms with Gasteiger partial charge in [-0.1, -0.05) is 42.0 Å². The monoisotopic (exact) mass is 271 g/mol. The number of benzene rings is 2. The lowest BCUT2D eigenvalue weighted by molar-refractivity contribution is 0.184. The Hall–Kier alpha value is -1.84. The standard InChI is InChI=1S/C17H21NO2/c1-13-7-8-17(19)16(9-13)11-18-10-14-5-3-4-6-15(14)12-20-2/h3-9,18-19H,10-12H2,1-2H3. The van der Waals surface area contributed by atoms with Gasteiger partial charge in [-0.25, -0.2) is 0 Å². The van der Waals surface area contributed by atoms with Crippen molar-refractivity contribution >= 4 is 0 Å². The lowest BCUT2D eigenvalue weighted by Gasteiger charge is -2.11. The van der Waals surface area contributed by atoms with Gasteiger partial charge in [0.15, 0.2) is 0 Å². The summed E-state index contributed by atoms with van der Waals surface area (Å²) in [5, 5.41) is 13.2. The van der Waals surface area contributed by atoms with Gasteiger partial charge in [0, 0.05) is 25.8 Å². The third-order valence-corrected chi connectivity index (χ3v) is 3.28. The van der Waals surface area contributed by atoms with Crippen molar-refractivity contribution in [2.24, 2.45) is 0 Å². The van der Waals surface area contributed by atoms with E-state index in [4.69, 9.17) is 4.74 Å². The summed E-state index contributed by atoms with van der Waals surface area (Å²) in [6, 6.07) is 13.9. The Kier molecular flexibility index (Phi) is 5.16. The van der Waals surface area contributed by atoms with Gasteiger partial charge in [-0.2, -0.15) is 0 Å². The number of rotatable bonds is 6. The summed E-state index contributed by atoms with van der Waals surface area (Å²) in [4.78, 5) is 0. The largest absolute Gasteiger partial charge is 0.508 e. The Labute approximate surface area is 120 Å². The van der Waals surface area contributed by atoms with Crippen molar-refractivity contribution < 1.29 is 9.84 Å². The molecule has 0 bridgehead atoms. The van der Waals surface area contributed by atoms with Crippen LogP contribution in [-0.2, 0) is 24.4 Å². The number of aromatic hydroxyl groups is 1. The van der Waals surface area contributed by atoms with E-state index in [0.717, 1.165) is 17.7 Å². The number of aryl methyl sites for hydroxylation is 1. The highest BCUT2D eigenvalue weighted by Crippen LogP contribution is 2.18. The van der Waals surface area contributed by atoms with Gasteiger partial charge in [0.1, 0.15) is 5.75 Å². The summed E-state index contributed by atoms with van der Waals surface area (Å²) in [7, 11) is 1.70. The number of ether oxygens (including phenoxy) is 1. The molecule has 0 fully saturated rings. The minimum atomic E-state index is 0.341. The molecule has 0 saturated carbocycles. The molecule has 0 aromatic heterocycles. The van der Waals surface area contributed by atoms with Crippen LogP contribution in [0.3, 0.4) is 0 Å². The van der Waals surface area contributed by atoms with Crippen LogP contribution in [0, 0.1) is 6.92 Å². The van der Waals surface area contributed by atoms with Crippen LogP contribution >= 0.6 is 0 Å². The van der Waals surface area contributed by atoms with Crippen molar-refractivity contribution in [1.82, 2.24) is 5.32 Å². The minimum absolute atomic E-state index is 0.341. The van der Waals surface area contributed by atoms with E-state index in [-0.39, 0.29) is 0 Å². The summed E-state index contributed by atoms with van der Waals surface area (Å²) >= 11 is 0. The molecule has 2 rings (SSSR count). The van der Waals surface area contributed by atoms with Crippen LogP contribution in [0.2, 0.25) is 0 Å². The molecule has 3 nitrogen and oxygen atoms in total. The normalized spacial score (nSPS) is 10.7. The second-order valence-electron chi connectivity index (χ2n) is 4.94. The first-order chi connectivity index (χ1) is 9.70. The number of phenols is 1. The second-order valence-corrected chi connectivity index (χ2v) is 4.94. The van der Waals surface area contributed by atoms with Crippen LogP contribution in [0.1, 0.15) is 22.3 Å². The van der Waals surface area contributed by atoms with Gasteiger partial charge in [0.05, 0.1) is 6.61 Å². The van der Waals surface area contributed by atoms with Gasteiger partial charge in [-0.15, -0.1) is 0 Å². The molecular weight excluding hydrogens is 250 g/mol. The highest BCUT2D eigenvalue weighted by atomic mass is 16.5. The summed E-state index contributed by atoms with van der Waals surface area (Å²) in [6.45, 7) is 4.05. The van der Waals surface area contributed by atoms with Crippen LogP contribution in [-0.4, -0.2) is 12.2 Å². The molecule has 0 amide bonds. The Balaban J connectivity index is 1.97. The summed E-state index contributed by atoms with van der Waals surface area (Å²) < 4.78 is 5.20. The van der Waals surface area contributed by atoms with Crippen molar-refractivity contribution in [3.8, 4) is 5.75 Å². The summed E-state index contributed by atoms with van der Waals surface area (Å²) in [5.41, 5.74) is 4.49. The number of hydrogen-bond donors (Lipinski definition) is 2. The van der Waals surface area contributed by atoms with E-state index in [9.17, 15) is 5.11 Å². The molecule has 0 unspecified atom stereocenters. The van der Waals surface area contributed by atoms with E-state index in [2.05, 4.69) is 17.4 Å². The maximum atomic E-state index is 9.81. The van der Waals surface area contributed by atoms with E-state index in [0.29, 0.717) is 18.9 Å². The van der Waals surface area contributed by atoms with Gasteiger partial charge in [0.2, 0.25) is 0 Å². The van der Waals surface area contributed by atoms with Crippen molar-refractivity contribution in [3.05, 3.63) is 64.7 Å². The van der Waals surface area contributed by atoms with Crippen LogP contribution in [0.25, 0.3) is 0 Å². The lowest BCUT2D eigenvalue weighted by Crippen LogP contribution is -2.14. The molecule has 106 valence electrons. The predicted molar refractivity (Wildman–Crippen MR) is 80.5 cm³/mol. The Morgan fingerprint density at radius 2 is 1.70 bits per heavy atom. The van der Waals surface area contributed by atoms with Gasteiger partial charge >= 0.3 is 0 Å². The zero-order chi connectivity index (χ0) is 14.4. The molecule has 2 aromatic rings. The maximum Gasteiger partial charge on any atom is 0.120 e. The maximum absolute atomic E-state index is 9.81. The molecule has 0 aliphatic rings. The van der Waals surface area contributed by atoms with Crippen molar-refractivity contribution in [2.45, 2.75) is 26.6 Å². The molecule has 0 saturated heterocycles. The molecule has 2 aromatic carbocycles. The first-order valence-corrected chi connectivity index (χ1v) is 6.75. The average molecular weight is 271 g/mol. The Morgan fingerprint density at radius 3 is 2.45 bits per heavy atom. The Morgan fingerprint density at radius 1 is 1.00 bits per heavy atom. The smallest absolute Gasteiger partial charge is 0.120 e. The third kappa shape index (κ3) is 3.83. The van der Waals surface area contributed by atoms with Crippen LogP contribution in [0.15, 0.2) is 42.5 Å². The van der Waals surface area contributed by atoms with E-state index in [1.165, 1.54) is 11.1 Å². The van der Waals surface area contributed by atoms with Gasteiger partial charge < -0.3 is 15.2 Å². The number of hydrogen-bond acceptors (Lipinski definition) is 3. The van der Waals surface area contributed by atoms with Crippen molar-refractivity contribution in [1.29, 1.82) is 0 Å². The van der Waals surface area contributed by atoms with E-state index in [1.807, 2.05) is 31.2 Å². The first kappa shape index (κ1) is 14.6. The highest BCUT2D eigenvalue weighted by molar-refractivity contribution is 5.35. The molecular formula is C17H21NO2. The van der Waals surface area contributed by atoms with Crippen LogP contribution < -0.4 is 5.32 Å². The molecule has 0 heterocycles. The third-order valence-electron chi connectivity index (χ3n) is 3.28. The SMILES string of the molecule is COCc1ccccc1CNCc1cc(C)ccc1O. The summed E-state index contributed by atoms with van der Waals surface area (Å²) in [6.07, 6.45) is 0. The molecule has 0 spiro atoms. The van der Waals surface area contributed by atoms with Crippen molar-refractivity contribution in [2.75, 3.05) is 7.11 Å². The topological polar surface area (TPSA) is 41.5 Å². The molecule has 2 N–H and O–H groups in total. The minimum Gasteiger partial charge on any atom is -0.508 e. The van der Waals surface area contributed by atoms with E-state index in [1.54, 1.807) is 13.2 Å². The fourth-order valence-corrected chi connectivity index (χ4v) is 2.21. The van der Waals surface area contributed by atoms with Gasteiger partial charge in [-0.05, 0) is 24.1 Å². The predicted octanol–water partition coefficient (Wildman–Crippen LogP) is 3.14. The zero-order valence-electron chi connectivity index (χ0n) is 12.0. The quantitative estimate of drug-likeness (QED) is 0.848. The van der Waals surface area contributed by atoms with E-state index >= 15 is 0 Å². The van der Waals surface area contributed by atoms with E-state index < -0.39 is 0 Å². The molecule has 0 aliphatic carbocycles. The lowest BCUT2D eigenvalue weighted by atomic mass is 10.1. The highest BCUT2D eigenvalue weighted by Gasteiger charge is 2.03. The number of methoxy groups -OCH3 is 1. The van der Waals surface area contributed by atoms with Crippen LogP contribution in [0.5, 0.6) is 5.75 Å². The average Bonchev–Trinajstić information content (AvgIpc) is 2.45. The fraction of sp³-hybridized carbons (Fsp3) is 0.294. The molecule has 0 radical (unpaired) electrons. The van der Waals surface area contributed by atoms with Gasteiger partial charge in [-0.3, -0.25) is 0 Å². The number of phenolic OH excluding ortho intramolecular Hbond substituents is 1. The second kappa shape index (κ2) is 7.08. The molecule has 20 heavy (non-hydrogen) atoms. The van der Waals surface area contributed by atoms with Crippen LogP contribution in [0.4, 0.5) is 0 Å². The number of nitrogens with one attached hydrogen (secondary N) is 1. The fourth-order valence-electron chi connectivity index (χ4n) is 2.21. The summed E-state index contributed by atoms with van der Waals surface area (Å²) in [5.74, 6) is 0.341. The first-order valence-electron chi connectivity index (χ1n) is 6.75. The van der Waals surface area contributed by atoms with Crippen molar-refractivity contribution in [3.63, 3.8) is 0 Å². The Bertz CT molecular complexity index is 567. The molecule has 3 heteroatoms. The molecule has 0 atom stereocenters.